The van der Waals surface area contributed by atoms with Gasteiger partial charge in [-0.2, -0.15) is 0 Å². The number of hydrogen-bond acceptors (Lipinski definition) is 3. The average molecular weight is 254 g/mol. The van der Waals surface area contributed by atoms with Crippen LogP contribution in [0.5, 0.6) is 0 Å². The van der Waals surface area contributed by atoms with Crippen LogP contribution in [-0.4, -0.2) is 18.1 Å². The zero-order valence-electron chi connectivity index (χ0n) is 11.1. The van der Waals surface area contributed by atoms with Crippen LogP contribution in [0.2, 0.25) is 0 Å². The van der Waals surface area contributed by atoms with Crippen molar-refractivity contribution in [2.45, 2.75) is 19.4 Å². The van der Waals surface area contributed by atoms with Crippen molar-refractivity contribution in [3.63, 3.8) is 0 Å². The van der Waals surface area contributed by atoms with Gasteiger partial charge in [-0.25, -0.2) is 0 Å². The molecule has 1 aliphatic heterocycles. The molecule has 0 aliphatic carbocycles. The number of rotatable bonds is 2. The molecule has 1 atom stereocenters. The molecule has 0 bridgehead atoms. The molecular formula is C16H18N2O. The summed E-state index contributed by atoms with van der Waals surface area (Å²) in [7, 11) is 0. The molecule has 1 aromatic carbocycles. The Labute approximate surface area is 113 Å². The number of fused-ring (bicyclic) bond motifs is 1. The van der Waals surface area contributed by atoms with Crippen molar-refractivity contribution in [2.24, 2.45) is 5.73 Å². The Bertz CT molecular complexity index is 595. The largest absolute Gasteiger partial charge is 0.376 e. The predicted molar refractivity (Wildman–Crippen MR) is 75.9 cm³/mol. The van der Waals surface area contributed by atoms with Gasteiger partial charge in [0.25, 0.3) is 0 Å². The third-order valence-corrected chi connectivity index (χ3v) is 3.71. The summed E-state index contributed by atoms with van der Waals surface area (Å²) in [5, 5.41) is 0. The van der Waals surface area contributed by atoms with Crippen LogP contribution in [0, 0.1) is 6.92 Å². The van der Waals surface area contributed by atoms with Gasteiger partial charge in [0.2, 0.25) is 0 Å². The maximum absolute atomic E-state index is 5.84. The van der Waals surface area contributed by atoms with E-state index in [2.05, 4.69) is 35.3 Å². The fourth-order valence-electron chi connectivity index (χ4n) is 2.72. The first-order chi connectivity index (χ1) is 9.29. The van der Waals surface area contributed by atoms with Gasteiger partial charge in [0.05, 0.1) is 13.2 Å². The zero-order valence-corrected chi connectivity index (χ0v) is 11.1. The summed E-state index contributed by atoms with van der Waals surface area (Å²) in [6.07, 6.45) is 1.86. The molecular weight excluding hydrogens is 236 g/mol. The van der Waals surface area contributed by atoms with Crippen molar-refractivity contribution in [3.05, 3.63) is 53.3 Å². The van der Waals surface area contributed by atoms with Crippen molar-refractivity contribution in [2.75, 3.05) is 13.2 Å². The van der Waals surface area contributed by atoms with E-state index in [0.29, 0.717) is 19.1 Å². The molecule has 1 aromatic heterocycles. The van der Waals surface area contributed by atoms with Crippen LogP contribution in [0.3, 0.4) is 0 Å². The van der Waals surface area contributed by atoms with E-state index in [4.69, 9.17) is 10.5 Å². The van der Waals surface area contributed by atoms with Gasteiger partial charge in [0.15, 0.2) is 0 Å². The summed E-state index contributed by atoms with van der Waals surface area (Å²) in [5.41, 5.74) is 11.9. The van der Waals surface area contributed by atoms with Crippen LogP contribution >= 0.6 is 0 Å². The molecule has 2 aromatic rings. The number of nitrogens with two attached hydrogens (primary N) is 1. The molecule has 0 saturated heterocycles. The lowest BCUT2D eigenvalue weighted by molar-refractivity contribution is 0.0932. The number of pyridine rings is 1. The molecule has 3 rings (SSSR count). The molecule has 2 heterocycles. The second-order valence-corrected chi connectivity index (χ2v) is 5.01. The summed E-state index contributed by atoms with van der Waals surface area (Å²) in [6, 6.07) is 10.6. The third kappa shape index (κ3) is 2.27. The second-order valence-electron chi connectivity index (χ2n) is 5.01. The Kier molecular flexibility index (Phi) is 3.32. The van der Waals surface area contributed by atoms with Gasteiger partial charge in [-0.1, -0.05) is 18.2 Å². The highest BCUT2D eigenvalue weighted by Gasteiger charge is 2.22. The van der Waals surface area contributed by atoms with Crippen molar-refractivity contribution >= 4 is 0 Å². The summed E-state index contributed by atoms with van der Waals surface area (Å²) >= 11 is 0. The van der Waals surface area contributed by atoms with E-state index in [1.54, 1.807) is 0 Å². The van der Waals surface area contributed by atoms with E-state index in [9.17, 15) is 0 Å². The van der Waals surface area contributed by atoms with Crippen LogP contribution in [0.1, 0.15) is 22.7 Å². The Balaban J connectivity index is 2.13. The molecule has 1 aliphatic rings. The minimum Gasteiger partial charge on any atom is -0.376 e. The van der Waals surface area contributed by atoms with E-state index in [-0.39, 0.29) is 0 Å². The average Bonchev–Trinajstić information content (AvgIpc) is 2.46. The van der Waals surface area contributed by atoms with Gasteiger partial charge >= 0.3 is 0 Å². The third-order valence-electron chi connectivity index (χ3n) is 3.71. The Morgan fingerprint density at radius 3 is 3.05 bits per heavy atom. The van der Waals surface area contributed by atoms with Gasteiger partial charge in [-0.05, 0) is 41.3 Å². The van der Waals surface area contributed by atoms with Gasteiger partial charge in [-0.15, -0.1) is 0 Å². The van der Waals surface area contributed by atoms with Crippen LogP contribution in [-0.2, 0) is 11.3 Å². The van der Waals surface area contributed by atoms with Gasteiger partial charge < -0.3 is 10.5 Å². The Morgan fingerprint density at radius 2 is 2.26 bits per heavy atom. The van der Waals surface area contributed by atoms with Crippen molar-refractivity contribution < 1.29 is 4.74 Å². The first-order valence-electron chi connectivity index (χ1n) is 6.62. The SMILES string of the molecule is Cc1cc(-c2cccc3c2COC[C@H]3CN)ccn1. The highest BCUT2D eigenvalue weighted by molar-refractivity contribution is 5.69. The molecule has 19 heavy (non-hydrogen) atoms. The Morgan fingerprint density at radius 1 is 1.37 bits per heavy atom. The number of hydrogen-bond donors (Lipinski definition) is 1. The maximum atomic E-state index is 5.84. The fourth-order valence-corrected chi connectivity index (χ4v) is 2.72. The van der Waals surface area contributed by atoms with E-state index in [1.165, 1.54) is 22.3 Å². The quantitative estimate of drug-likeness (QED) is 0.896. The highest BCUT2D eigenvalue weighted by Crippen LogP contribution is 2.33. The number of aromatic nitrogens is 1. The number of benzene rings is 1. The predicted octanol–water partition coefficient (Wildman–Crippen LogP) is 2.63. The molecule has 0 fully saturated rings. The zero-order chi connectivity index (χ0) is 13.2. The monoisotopic (exact) mass is 254 g/mol. The van der Waals surface area contributed by atoms with Gasteiger partial charge in [0.1, 0.15) is 0 Å². The summed E-state index contributed by atoms with van der Waals surface area (Å²) in [4.78, 5) is 4.26. The molecule has 0 radical (unpaired) electrons. The van der Waals surface area contributed by atoms with Gasteiger partial charge in [-0.3, -0.25) is 4.98 Å². The van der Waals surface area contributed by atoms with E-state index in [1.807, 2.05) is 13.1 Å². The van der Waals surface area contributed by atoms with Crippen LogP contribution in [0.15, 0.2) is 36.5 Å². The lowest BCUT2D eigenvalue weighted by Gasteiger charge is -2.26. The number of ether oxygens (including phenoxy) is 1. The normalized spacial score (nSPS) is 18.1. The van der Waals surface area contributed by atoms with Crippen LogP contribution in [0.25, 0.3) is 11.1 Å². The van der Waals surface area contributed by atoms with Crippen molar-refractivity contribution in [3.8, 4) is 11.1 Å². The van der Waals surface area contributed by atoms with Crippen molar-refractivity contribution in [1.29, 1.82) is 0 Å². The smallest absolute Gasteiger partial charge is 0.0725 e. The molecule has 0 amide bonds. The number of nitrogens with zero attached hydrogens (tertiary/aromatic N) is 1. The fraction of sp³-hybridized carbons (Fsp3) is 0.312. The lowest BCUT2D eigenvalue weighted by atomic mass is 9.88. The molecule has 2 N–H and O–H groups in total. The molecule has 3 nitrogen and oxygen atoms in total. The molecule has 98 valence electrons. The van der Waals surface area contributed by atoms with E-state index >= 15 is 0 Å². The Hall–Kier alpha value is -1.71. The maximum Gasteiger partial charge on any atom is 0.0725 e. The van der Waals surface area contributed by atoms with Gasteiger partial charge in [0, 0.05) is 24.4 Å². The first kappa shape index (κ1) is 12.3. The standard InChI is InChI=1S/C16H18N2O/c1-11-7-12(5-6-18-11)14-3-2-4-15-13(8-17)9-19-10-16(14)15/h2-7,13H,8-10,17H2,1H3/t13-/m1/s1. The summed E-state index contributed by atoms with van der Waals surface area (Å²) < 4.78 is 5.70. The van der Waals surface area contributed by atoms with Crippen LogP contribution in [0.4, 0.5) is 0 Å². The van der Waals surface area contributed by atoms with E-state index in [0.717, 1.165) is 12.3 Å². The minimum absolute atomic E-state index is 0.312. The molecule has 3 heteroatoms. The topological polar surface area (TPSA) is 48.1 Å². The summed E-state index contributed by atoms with van der Waals surface area (Å²) in [6.45, 7) is 4.04. The summed E-state index contributed by atoms with van der Waals surface area (Å²) in [5.74, 6) is 0.312. The lowest BCUT2D eigenvalue weighted by Crippen LogP contribution is -2.24. The minimum atomic E-state index is 0.312. The number of aryl methyl sites for hydroxylation is 1. The van der Waals surface area contributed by atoms with Crippen LogP contribution < -0.4 is 5.73 Å². The first-order valence-corrected chi connectivity index (χ1v) is 6.62. The molecule has 0 spiro atoms. The highest BCUT2D eigenvalue weighted by atomic mass is 16.5. The molecule has 0 unspecified atom stereocenters. The van der Waals surface area contributed by atoms with Crippen molar-refractivity contribution in [1.82, 2.24) is 4.98 Å². The second kappa shape index (κ2) is 5.11. The van der Waals surface area contributed by atoms with E-state index < -0.39 is 0 Å². The molecule has 0 saturated carbocycles.